The molecule has 0 aromatic heterocycles. The minimum Gasteiger partial charge on any atom is -0.359 e. The molecule has 0 spiro atoms. The Morgan fingerprint density at radius 1 is 1.29 bits per heavy atom. The molecule has 0 saturated heterocycles. The number of hydrogen-bond donors (Lipinski definition) is 2. The molecule has 0 fully saturated rings. The molecule has 0 aliphatic carbocycles. The van der Waals surface area contributed by atoms with E-state index in [0.717, 1.165) is 0 Å². The molecular formula is C12H25N3O2. The van der Waals surface area contributed by atoms with Crippen LogP contribution >= 0.6 is 0 Å². The largest absolute Gasteiger partial charge is 0.359 e. The zero-order valence-electron chi connectivity index (χ0n) is 11.8. The average molecular weight is 243 g/mol. The average Bonchev–Trinajstić information content (AvgIpc) is 2.23. The van der Waals surface area contributed by atoms with Crippen molar-refractivity contribution >= 4 is 11.8 Å². The summed E-state index contributed by atoms with van der Waals surface area (Å²) in [4.78, 5) is 24.7. The van der Waals surface area contributed by atoms with E-state index in [-0.39, 0.29) is 23.3 Å². The Morgan fingerprint density at radius 3 is 2.24 bits per heavy atom. The predicted octanol–water partition coefficient (Wildman–Crippen LogP) is 0.215. The second-order valence-corrected chi connectivity index (χ2v) is 5.39. The quantitative estimate of drug-likeness (QED) is 0.726. The molecule has 5 heteroatoms. The molecule has 2 N–H and O–H groups in total. The van der Waals surface area contributed by atoms with E-state index in [1.54, 1.807) is 25.9 Å². The van der Waals surface area contributed by atoms with Gasteiger partial charge in [-0.2, -0.15) is 0 Å². The number of rotatable bonds is 5. The van der Waals surface area contributed by atoms with Gasteiger partial charge in [-0.1, -0.05) is 6.92 Å². The smallest absolute Gasteiger partial charge is 0.236 e. The first-order chi connectivity index (χ1) is 7.67. The summed E-state index contributed by atoms with van der Waals surface area (Å²) in [6, 6.07) is 0. The van der Waals surface area contributed by atoms with Crippen molar-refractivity contribution in [3.8, 4) is 0 Å². The molecule has 0 heterocycles. The molecule has 17 heavy (non-hydrogen) atoms. The monoisotopic (exact) mass is 243 g/mol. The van der Waals surface area contributed by atoms with Crippen molar-refractivity contribution in [3.63, 3.8) is 0 Å². The van der Waals surface area contributed by atoms with Crippen molar-refractivity contribution in [1.82, 2.24) is 15.5 Å². The van der Waals surface area contributed by atoms with Crippen LogP contribution in [0.1, 0.15) is 27.7 Å². The van der Waals surface area contributed by atoms with E-state index in [4.69, 9.17) is 0 Å². The minimum absolute atomic E-state index is 0.00400. The molecule has 0 aromatic rings. The van der Waals surface area contributed by atoms with Crippen LogP contribution in [0.15, 0.2) is 0 Å². The zero-order valence-corrected chi connectivity index (χ0v) is 11.8. The number of hydrogen-bond acceptors (Lipinski definition) is 3. The van der Waals surface area contributed by atoms with Crippen molar-refractivity contribution in [3.05, 3.63) is 0 Å². The van der Waals surface area contributed by atoms with E-state index in [1.165, 1.54) is 0 Å². The maximum Gasteiger partial charge on any atom is 0.236 e. The third kappa shape index (κ3) is 6.94. The van der Waals surface area contributed by atoms with Crippen LogP contribution in [0, 0.1) is 5.92 Å². The lowest BCUT2D eigenvalue weighted by atomic mass is 10.1. The summed E-state index contributed by atoms with van der Waals surface area (Å²) in [5, 5.41) is 5.70. The van der Waals surface area contributed by atoms with Crippen LogP contribution in [0.5, 0.6) is 0 Å². The van der Waals surface area contributed by atoms with Gasteiger partial charge in [0.2, 0.25) is 11.8 Å². The number of nitrogens with zero attached hydrogens (tertiary/aromatic N) is 1. The lowest BCUT2D eigenvalue weighted by molar-refractivity contribution is -0.131. The van der Waals surface area contributed by atoms with Crippen LogP contribution < -0.4 is 10.6 Å². The molecule has 0 aliphatic heterocycles. The molecule has 0 aliphatic rings. The number of carbonyl (C=O) groups excluding carboxylic acids is 2. The number of likely N-dealkylation sites (N-methyl/N-ethyl adjacent to an activating group) is 1. The minimum atomic E-state index is -0.191. The van der Waals surface area contributed by atoms with Gasteiger partial charge in [0.1, 0.15) is 0 Å². The summed E-state index contributed by atoms with van der Waals surface area (Å²) in [7, 11) is 3.31. The van der Waals surface area contributed by atoms with Gasteiger partial charge in [-0.15, -0.1) is 0 Å². The molecule has 0 aromatic carbocycles. The van der Waals surface area contributed by atoms with Crippen LogP contribution in [-0.2, 0) is 9.59 Å². The van der Waals surface area contributed by atoms with E-state index in [1.807, 2.05) is 20.8 Å². The van der Waals surface area contributed by atoms with Crippen molar-refractivity contribution in [1.29, 1.82) is 0 Å². The van der Waals surface area contributed by atoms with Gasteiger partial charge in [0.25, 0.3) is 0 Å². The van der Waals surface area contributed by atoms with Gasteiger partial charge in [-0.25, -0.2) is 0 Å². The standard InChI is InChI=1S/C12H25N3O2/c1-9(11(17)13-5)8-15(6)10(16)7-14-12(2,3)4/h9,14H,7-8H2,1-6H3,(H,13,17). The molecule has 2 amide bonds. The van der Waals surface area contributed by atoms with Crippen LogP contribution in [0.3, 0.4) is 0 Å². The first-order valence-corrected chi connectivity index (χ1v) is 5.88. The third-order valence-corrected chi connectivity index (χ3v) is 2.44. The molecule has 1 atom stereocenters. The van der Waals surface area contributed by atoms with Crippen LogP contribution in [-0.4, -0.2) is 49.4 Å². The van der Waals surface area contributed by atoms with Gasteiger partial charge in [0.05, 0.1) is 12.5 Å². The Kier molecular flexibility index (Phi) is 6.16. The molecule has 0 rings (SSSR count). The van der Waals surface area contributed by atoms with E-state index in [9.17, 15) is 9.59 Å². The topological polar surface area (TPSA) is 61.4 Å². The zero-order chi connectivity index (χ0) is 13.6. The summed E-state index contributed by atoms with van der Waals surface area (Å²) in [5.41, 5.74) is -0.0804. The van der Waals surface area contributed by atoms with E-state index in [2.05, 4.69) is 10.6 Å². The normalized spacial score (nSPS) is 13.1. The fourth-order valence-corrected chi connectivity index (χ4v) is 1.32. The lowest BCUT2D eigenvalue weighted by Crippen LogP contribution is -2.45. The van der Waals surface area contributed by atoms with Crippen molar-refractivity contribution in [2.24, 2.45) is 5.92 Å². The predicted molar refractivity (Wildman–Crippen MR) is 68.6 cm³/mol. The fraction of sp³-hybridized carbons (Fsp3) is 0.833. The Bertz CT molecular complexity index is 271. The second-order valence-electron chi connectivity index (χ2n) is 5.39. The van der Waals surface area contributed by atoms with Gasteiger partial charge in [0.15, 0.2) is 0 Å². The Balaban J connectivity index is 4.10. The third-order valence-electron chi connectivity index (χ3n) is 2.44. The highest BCUT2D eigenvalue weighted by Gasteiger charge is 2.18. The van der Waals surface area contributed by atoms with Crippen molar-refractivity contribution < 1.29 is 9.59 Å². The first-order valence-electron chi connectivity index (χ1n) is 5.88. The van der Waals surface area contributed by atoms with Gasteiger partial charge in [-0.05, 0) is 20.8 Å². The maximum atomic E-state index is 11.8. The molecule has 0 bridgehead atoms. The first kappa shape index (κ1) is 15.9. The molecule has 1 unspecified atom stereocenters. The molecule has 0 saturated carbocycles. The highest BCUT2D eigenvalue weighted by Crippen LogP contribution is 2.00. The van der Waals surface area contributed by atoms with E-state index < -0.39 is 0 Å². The Morgan fingerprint density at radius 2 is 1.82 bits per heavy atom. The highest BCUT2D eigenvalue weighted by molar-refractivity contribution is 5.81. The molecular weight excluding hydrogens is 218 g/mol. The van der Waals surface area contributed by atoms with Crippen LogP contribution in [0.4, 0.5) is 0 Å². The SMILES string of the molecule is CNC(=O)C(C)CN(C)C(=O)CNC(C)(C)C. The molecule has 100 valence electrons. The number of carbonyl (C=O) groups is 2. The van der Waals surface area contributed by atoms with Gasteiger partial charge in [0, 0.05) is 26.2 Å². The van der Waals surface area contributed by atoms with Gasteiger partial charge in [-0.3, -0.25) is 9.59 Å². The summed E-state index contributed by atoms with van der Waals surface area (Å²) in [6.07, 6.45) is 0. The van der Waals surface area contributed by atoms with Crippen molar-refractivity contribution in [2.45, 2.75) is 33.2 Å². The maximum absolute atomic E-state index is 11.8. The fourth-order valence-electron chi connectivity index (χ4n) is 1.32. The van der Waals surface area contributed by atoms with E-state index >= 15 is 0 Å². The number of nitrogens with one attached hydrogen (secondary N) is 2. The summed E-state index contributed by atoms with van der Waals surface area (Å²) < 4.78 is 0. The Hall–Kier alpha value is -1.10. The van der Waals surface area contributed by atoms with E-state index in [0.29, 0.717) is 13.1 Å². The van der Waals surface area contributed by atoms with Crippen LogP contribution in [0.2, 0.25) is 0 Å². The summed E-state index contributed by atoms with van der Waals surface area (Å²) in [6.45, 7) is 8.55. The summed E-state index contributed by atoms with van der Waals surface area (Å²) in [5.74, 6) is -0.243. The lowest BCUT2D eigenvalue weighted by Gasteiger charge is -2.24. The van der Waals surface area contributed by atoms with Gasteiger partial charge >= 0.3 is 0 Å². The van der Waals surface area contributed by atoms with Crippen molar-refractivity contribution in [2.75, 3.05) is 27.2 Å². The molecule has 0 radical (unpaired) electrons. The number of amides is 2. The summed E-state index contributed by atoms with van der Waals surface area (Å²) >= 11 is 0. The molecule has 5 nitrogen and oxygen atoms in total. The second kappa shape index (κ2) is 6.59. The van der Waals surface area contributed by atoms with Gasteiger partial charge < -0.3 is 15.5 Å². The Labute approximate surface area is 104 Å². The highest BCUT2D eigenvalue weighted by atomic mass is 16.2. The van der Waals surface area contributed by atoms with Crippen LogP contribution in [0.25, 0.3) is 0 Å².